The summed E-state index contributed by atoms with van der Waals surface area (Å²) in [6.07, 6.45) is 1.95. The van der Waals surface area contributed by atoms with E-state index in [1.807, 2.05) is 32.5 Å². The van der Waals surface area contributed by atoms with E-state index >= 15 is 0 Å². The predicted molar refractivity (Wildman–Crippen MR) is 117 cm³/mol. The number of hydrogen-bond acceptors (Lipinski definition) is 5. The third-order valence-corrected chi connectivity index (χ3v) is 8.25. The molecular formula is C20H22F2N2O2S3. The second-order valence-corrected chi connectivity index (χ2v) is 10.5. The standard InChI is InChI=1S/C20H22F2N2O2S3/c1-13-20(28-10-9-23(2)3)16-12-15(27-4)6-7-18(16)24(13)29(25,26)19-8-5-14(21)11-17(19)22/h5-8,11-12H,9-10H2,1-4H3. The highest BCUT2D eigenvalue weighted by Crippen LogP contribution is 2.38. The summed E-state index contributed by atoms with van der Waals surface area (Å²) in [6, 6.07) is 8.05. The van der Waals surface area contributed by atoms with E-state index in [4.69, 9.17) is 0 Å². The van der Waals surface area contributed by atoms with Crippen molar-refractivity contribution in [3.05, 3.63) is 53.7 Å². The molecule has 3 rings (SSSR count). The number of aromatic nitrogens is 1. The molecule has 1 heterocycles. The minimum absolute atomic E-state index is 0.483. The van der Waals surface area contributed by atoms with Gasteiger partial charge in [0.25, 0.3) is 10.0 Å². The summed E-state index contributed by atoms with van der Waals surface area (Å²) in [4.78, 5) is 3.37. The molecule has 3 aromatic rings. The molecule has 0 saturated carbocycles. The molecule has 0 fully saturated rings. The number of halogens is 2. The van der Waals surface area contributed by atoms with Gasteiger partial charge in [0.1, 0.15) is 16.5 Å². The predicted octanol–water partition coefficient (Wildman–Crippen LogP) is 4.84. The van der Waals surface area contributed by atoms with E-state index in [1.54, 1.807) is 36.5 Å². The molecule has 0 aliphatic carbocycles. The molecule has 0 atom stereocenters. The van der Waals surface area contributed by atoms with Gasteiger partial charge in [0.15, 0.2) is 0 Å². The molecule has 0 aliphatic rings. The number of thioether (sulfide) groups is 2. The van der Waals surface area contributed by atoms with Crippen molar-refractivity contribution in [3.8, 4) is 0 Å². The van der Waals surface area contributed by atoms with Crippen LogP contribution in [0.25, 0.3) is 10.9 Å². The van der Waals surface area contributed by atoms with Crippen LogP contribution in [0.3, 0.4) is 0 Å². The SMILES string of the molecule is CSc1ccc2c(c1)c(SCCN(C)C)c(C)n2S(=O)(=O)c1ccc(F)cc1F. The molecule has 0 radical (unpaired) electrons. The summed E-state index contributed by atoms with van der Waals surface area (Å²) >= 11 is 3.14. The summed E-state index contributed by atoms with van der Waals surface area (Å²) in [5, 5.41) is 0.809. The smallest absolute Gasteiger partial charge is 0.271 e. The van der Waals surface area contributed by atoms with Gasteiger partial charge in [0, 0.05) is 39.2 Å². The highest BCUT2D eigenvalue weighted by molar-refractivity contribution is 7.99. The van der Waals surface area contributed by atoms with Gasteiger partial charge in [-0.25, -0.2) is 21.2 Å². The van der Waals surface area contributed by atoms with E-state index in [9.17, 15) is 17.2 Å². The summed E-state index contributed by atoms with van der Waals surface area (Å²) in [5.74, 6) is -1.14. The number of benzene rings is 2. The average Bonchev–Trinajstić information content (AvgIpc) is 2.92. The minimum Gasteiger partial charge on any atom is -0.309 e. The largest absolute Gasteiger partial charge is 0.309 e. The molecule has 0 spiro atoms. The maximum atomic E-state index is 14.3. The fourth-order valence-electron chi connectivity index (χ4n) is 3.07. The Morgan fingerprint density at radius 3 is 2.45 bits per heavy atom. The van der Waals surface area contributed by atoms with Crippen LogP contribution in [0.15, 0.2) is 51.1 Å². The molecule has 1 aromatic heterocycles. The van der Waals surface area contributed by atoms with E-state index in [0.717, 1.165) is 39.6 Å². The van der Waals surface area contributed by atoms with Gasteiger partial charge in [0.2, 0.25) is 0 Å². The quantitative estimate of drug-likeness (QED) is 0.476. The maximum Gasteiger partial charge on any atom is 0.271 e. The van der Waals surface area contributed by atoms with Crippen molar-refractivity contribution in [2.75, 3.05) is 32.6 Å². The molecular weight excluding hydrogens is 434 g/mol. The van der Waals surface area contributed by atoms with Crippen molar-refractivity contribution in [2.24, 2.45) is 0 Å². The maximum absolute atomic E-state index is 14.3. The summed E-state index contributed by atoms with van der Waals surface area (Å²) in [6.45, 7) is 2.55. The van der Waals surface area contributed by atoms with Crippen LogP contribution in [0, 0.1) is 18.6 Å². The lowest BCUT2D eigenvalue weighted by atomic mass is 10.2. The first-order valence-corrected chi connectivity index (χ1v) is 12.5. The van der Waals surface area contributed by atoms with Crippen LogP contribution in [0.4, 0.5) is 8.78 Å². The van der Waals surface area contributed by atoms with Crippen molar-refractivity contribution in [1.29, 1.82) is 0 Å². The van der Waals surface area contributed by atoms with Crippen molar-refractivity contribution in [1.82, 2.24) is 8.87 Å². The lowest BCUT2D eigenvalue weighted by Gasteiger charge is -2.12. The first kappa shape index (κ1) is 22.1. The van der Waals surface area contributed by atoms with E-state index in [2.05, 4.69) is 4.90 Å². The molecule has 0 unspecified atom stereocenters. The zero-order valence-corrected chi connectivity index (χ0v) is 19.0. The molecule has 0 N–H and O–H groups in total. The topological polar surface area (TPSA) is 42.3 Å². The molecule has 0 aliphatic heterocycles. The third kappa shape index (κ3) is 4.33. The van der Waals surface area contributed by atoms with E-state index < -0.39 is 26.6 Å². The second-order valence-electron chi connectivity index (χ2n) is 6.79. The Labute approximate surface area is 178 Å². The summed E-state index contributed by atoms with van der Waals surface area (Å²) in [5.41, 5.74) is 1.00. The summed E-state index contributed by atoms with van der Waals surface area (Å²) in [7, 11) is -0.286. The van der Waals surface area contributed by atoms with Crippen molar-refractivity contribution in [2.45, 2.75) is 21.6 Å². The fourth-order valence-corrected chi connectivity index (χ4v) is 6.46. The van der Waals surface area contributed by atoms with E-state index in [1.165, 1.54) is 3.97 Å². The van der Waals surface area contributed by atoms with Gasteiger partial charge in [-0.1, -0.05) is 0 Å². The van der Waals surface area contributed by atoms with Gasteiger partial charge in [-0.2, -0.15) is 0 Å². The first-order chi connectivity index (χ1) is 13.7. The second kappa shape index (κ2) is 8.67. The summed E-state index contributed by atoms with van der Waals surface area (Å²) < 4.78 is 55.5. The van der Waals surface area contributed by atoms with E-state index in [-0.39, 0.29) is 0 Å². The zero-order chi connectivity index (χ0) is 21.3. The van der Waals surface area contributed by atoms with Gasteiger partial charge in [-0.15, -0.1) is 23.5 Å². The first-order valence-electron chi connectivity index (χ1n) is 8.84. The zero-order valence-electron chi connectivity index (χ0n) is 16.6. The van der Waals surface area contributed by atoms with Gasteiger partial charge >= 0.3 is 0 Å². The molecule has 156 valence electrons. The number of fused-ring (bicyclic) bond motifs is 1. The van der Waals surface area contributed by atoms with Crippen LogP contribution < -0.4 is 0 Å². The Kier molecular flexibility index (Phi) is 6.62. The van der Waals surface area contributed by atoms with Crippen molar-refractivity contribution in [3.63, 3.8) is 0 Å². The van der Waals surface area contributed by atoms with Crippen molar-refractivity contribution < 1.29 is 17.2 Å². The van der Waals surface area contributed by atoms with E-state index in [0.29, 0.717) is 17.3 Å². The van der Waals surface area contributed by atoms with Crippen LogP contribution >= 0.6 is 23.5 Å². The van der Waals surface area contributed by atoms with Crippen molar-refractivity contribution >= 4 is 44.4 Å². The normalized spacial score (nSPS) is 12.2. The Morgan fingerprint density at radius 1 is 1.10 bits per heavy atom. The number of hydrogen-bond donors (Lipinski definition) is 0. The average molecular weight is 457 g/mol. The molecule has 9 heteroatoms. The Morgan fingerprint density at radius 2 is 1.83 bits per heavy atom. The molecule has 2 aromatic carbocycles. The lowest BCUT2D eigenvalue weighted by Crippen LogP contribution is -2.16. The molecule has 4 nitrogen and oxygen atoms in total. The Bertz CT molecular complexity index is 1160. The Hall–Kier alpha value is -1.55. The lowest BCUT2D eigenvalue weighted by molar-refractivity contribution is 0.437. The monoisotopic (exact) mass is 456 g/mol. The molecule has 0 amide bonds. The van der Waals surface area contributed by atoms with Gasteiger partial charge in [-0.3, -0.25) is 0 Å². The minimum atomic E-state index is -4.24. The van der Waals surface area contributed by atoms with Gasteiger partial charge in [0.05, 0.1) is 5.52 Å². The highest BCUT2D eigenvalue weighted by atomic mass is 32.2. The number of nitrogens with zero attached hydrogens (tertiary/aromatic N) is 2. The molecule has 0 saturated heterocycles. The van der Waals surface area contributed by atoms with Crippen LogP contribution in [-0.2, 0) is 10.0 Å². The number of rotatable bonds is 7. The van der Waals surface area contributed by atoms with Crippen LogP contribution in [-0.4, -0.2) is 49.9 Å². The molecule has 0 bridgehead atoms. The fraction of sp³-hybridized carbons (Fsp3) is 0.300. The van der Waals surface area contributed by atoms with Crippen LogP contribution in [0.1, 0.15) is 5.69 Å². The highest BCUT2D eigenvalue weighted by Gasteiger charge is 2.28. The van der Waals surface area contributed by atoms with Gasteiger partial charge in [-0.05, 0) is 57.6 Å². The van der Waals surface area contributed by atoms with Crippen LogP contribution in [0.5, 0.6) is 0 Å². The third-order valence-electron chi connectivity index (χ3n) is 4.50. The van der Waals surface area contributed by atoms with Crippen LogP contribution in [0.2, 0.25) is 0 Å². The molecule has 29 heavy (non-hydrogen) atoms. The van der Waals surface area contributed by atoms with Gasteiger partial charge < -0.3 is 4.90 Å². The Balaban J connectivity index is 2.23.